The van der Waals surface area contributed by atoms with Crippen molar-refractivity contribution >= 4 is 36.9 Å². The molecule has 1 aromatic carbocycles. The summed E-state index contributed by atoms with van der Waals surface area (Å²) < 4.78 is 15.1. The molecule has 4 rings (SSSR count). The predicted molar refractivity (Wildman–Crippen MR) is 171 cm³/mol. The maximum absolute atomic E-state index is 13.6. The number of aliphatic hydroxyl groups is 1. The average molecular weight is 623 g/mol. The van der Waals surface area contributed by atoms with Gasteiger partial charge in [-0.05, 0) is 69.0 Å². The van der Waals surface area contributed by atoms with Crippen molar-refractivity contribution in [2.75, 3.05) is 25.3 Å². The molecule has 0 saturated heterocycles. The molecule has 12 nitrogen and oxygen atoms in total. The smallest absolute Gasteiger partial charge is 0.335 e. The fourth-order valence-corrected chi connectivity index (χ4v) is 5.57. The first-order chi connectivity index (χ1) is 20.9. The van der Waals surface area contributed by atoms with E-state index in [9.17, 15) is 19.8 Å². The summed E-state index contributed by atoms with van der Waals surface area (Å²) in [4.78, 5) is 34.7. The van der Waals surface area contributed by atoms with E-state index in [-0.39, 0.29) is 24.9 Å². The zero-order chi connectivity index (χ0) is 32.0. The van der Waals surface area contributed by atoms with Gasteiger partial charge < -0.3 is 24.3 Å². The van der Waals surface area contributed by atoms with Crippen LogP contribution in [-0.4, -0.2) is 74.5 Å². The highest BCUT2D eigenvalue weighted by Gasteiger charge is 2.21. The Balaban J connectivity index is 1.60. The van der Waals surface area contributed by atoms with E-state index in [1.54, 1.807) is 49.1 Å². The van der Waals surface area contributed by atoms with E-state index in [0.29, 0.717) is 70.5 Å². The Hall–Kier alpha value is -4.07. The predicted octanol–water partition coefficient (Wildman–Crippen LogP) is 5.25. The molecule has 3 N–H and O–H groups in total. The van der Waals surface area contributed by atoms with Gasteiger partial charge in [0, 0.05) is 46.1 Å². The topological polar surface area (TPSA) is 154 Å². The number of unbranched alkanes of at least 4 members (excludes halogenated alkanes) is 2. The highest BCUT2D eigenvalue weighted by molar-refractivity contribution is 6.76. The molecule has 0 aliphatic carbocycles. The van der Waals surface area contributed by atoms with Crippen LogP contribution in [0.4, 0.5) is 5.95 Å². The minimum Gasteiger partial charge on any atom is -0.478 e. The molecule has 0 radical (unpaired) electrons. The van der Waals surface area contributed by atoms with Crippen molar-refractivity contribution in [1.82, 2.24) is 24.3 Å². The van der Waals surface area contributed by atoms with Crippen molar-refractivity contribution < 1.29 is 29.3 Å². The number of imidazole rings is 1. The standard InChI is InChI=1S/C31H42N6O6Si/c1-20-14-23(30(40)41)17-26-27(20)34-31(37(26)10-8-7-9-11-38)35-28(39)22-15-21(2)33-25(16-22)24-18-32-36(3)29(24)43-19-42-12-13-44(4,5)6/h14-18,38H,7-13,19H2,1-6H3,(H,40,41)(H,34,35,39). The lowest BCUT2D eigenvalue weighted by molar-refractivity contribution is 0.0172. The van der Waals surface area contributed by atoms with Crippen LogP contribution in [0.15, 0.2) is 30.5 Å². The summed E-state index contributed by atoms with van der Waals surface area (Å²) in [5.41, 5.74) is 4.24. The molecular weight excluding hydrogens is 580 g/mol. The van der Waals surface area contributed by atoms with E-state index in [4.69, 9.17) is 9.47 Å². The first-order valence-corrected chi connectivity index (χ1v) is 18.5. The molecular formula is C31H42N6O6Si. The number of amides is 1. The number of rotatable bonds is 15. The number of nitrogens with zero attached hydrogens (tertiary/aromatic N) is 5. The van der Waals surface area contributed by atoms with Crippen LogP contribution in [0.5, 0.6) is 5.88 Å². The molecule has 13 heteroatoms. The molecule has 0 fully saturated rings. The number of ether oxygens (including phenoxy) is 2. The van der Waals surface area contributed by atoms with Crippen LogP contribution in [0.3, 0.4) is 0 Å². The van der Waals surface area contributed by atoms with Crippen molar-refractivity contribution in [3.8, 4) is 17.1 Å². The minimum atomic E-state index is -1.22. The third kappa shape index (κ3) is 8.10. The summed E-state index contributed by atoms with van der Waals surface area (Å²) in [7, 11) is 0.553. The number of carboxylic acids is 1. The first-order valence-electron chi connectivity index (χ1n) is 14.8. The molecule has 1 amide bonds. The van der Waals surface area contributed by atoms with Gasteiger partial charge in [0.05, 0.1) is 34.1 Å². The molecule has 0 aliphatic heterocycles. The van der Waals surface area contributed by atoms with Crippen molar-refractivity contribution in [3.05, 3.63) is 52.8 Å². The van der Waals surface area contributed by atoms with Crippen LogP contribution in [0.25, 0.3) is 22.3 Å². The van der Waals surface area contributed by atoms with Gasteiger partial charge in [0.2, 0.25) is 11.8 Å². The summed E-state index contributed by atoms with van der Waals surface area (Å²) in [6.45, 7) is 11.8. The number of anilines is 1. The summed E-state index contributed by atoms with van der Waals surface area (Å²) >= 11 is 0. The lowest BCUT2D eigenvalue weighted by Gasteiger charge is -2.16. The number of aryl methyl sites for hydroxylation is 4. The van der Waals surface area contributed by atoms with Crippen molar-refractivity contribution in [2.24, 2.45) is 7.05 Å². The molecule has 236 valence electrons. The third-order valence-corrected chi connectivity index (χ3v) is 8.91. The summed E-state index contributed by atoms with van der Waals surface area (Å²) in [6, 6.07) is 7.55. The highest BCUT2D eigenvalue weighted by atomic mass is 28.3. The largest absolute Gasteiger partial charge is 0.478 e. The zero-order valence-electron chi connectivity index (χ0n) is 26.3. The van der Waals surface area contributed by atoms with Crippen molar-refractivity contribution in [3.63, 3.8) is 0 Å². The maximum Gasteiger partial charge on any atom is 0.335 e. The number of hydrogen-bond acceptors (Lipinski definition) is 8. The molecule has 0 atom stereocenters. The number of aromatic carboxylic acids is 1. The van der Waals surface area contributed by atoms with Gasteiger partial charge >= 0.3 is 5.97 Å². The molecule has 0 aliphatic rings. The Bertz CT molecular complexity index is 1640. The number of benzene rings is 1. The Morgan fingerprint density at radius 2 is 1.80 bits per heavy atom. The number of aliphatic hydroxyl groups excluding tert-OH is 1. The molecule has 0 spiro atoms. The number of carbonyl (C=O) groups is 2. The Labute approximate surface area is 258 Å². The molecule has 0 bridgehead atoms. The fourth-order valence-electron chi connectivity index (χ4n) is 4.82. The number of pyridine rings is 1. The number of nitrogens with one attached hydrogen (secondary N) is 1. The Morgan fingerprint density at radius 3 is 2.50 bits per heavy atom. The van der Waals surface area contributed by atoms with Gasteiger partial charge in [0.15, 0.2) is 6.79 Å². The van der Waals surface area contributed by atoms with Gasteiger partial charge in [-0.15, -0.1) is 0 Å². The van der Waals surface area contributed by atoms with Crippen LogP contribution >= 0.6 is 0 Å². The lowest BCUT2D eigenvalue weighted by Crippen LogP contribution is -2.22. The SMILES string of the molecule is Cc1cc(C(=O)Nc2nc3c(C)cc(C(=O)O)cc3n2CCCCCO)cc(-c2cnn(C)c2OCOCC[Si](C)(C)C)n1. The zero-order valence-corrected chi connectivity index (χ0v) is 27.3. The maximum atomic E-state index is 13.6. The van der Waals surface area contributed by atoms with Gasteiger partial charge in [-0.25, -0.2) is 14.5 Å². The Morgan fingerprint density at radius 1 is 1.02 bits per heavy atom. The van der Waals surface area contributed by atoms with Crippen LogP contribution in [0.2, 0.25) is 25.7 Å². The van der Waals surface area contributed by atoms with Crippen molar-refractivity contribution in [1.29, 1.82) is 0 Å². The van der Waals surface area contributed by atoms with Crippen LogP contribution in [0.1, 0.15) is 51.2 Å². The van der Waals surface area contributed by atoms with E-state index in [1.165, 1.54) is 0 Å². The molecule has 4 aromatic rings. The lowest BCUT2D eigenvalue weighted by atomic mass is 10.1. The van der Waals surface area contributed by atoms with E-state index < -0.39 is 14.0 Å². The molecule has 0 saturated carbocycles. The number of fused-ring (bicyclic) bond motifs is 1. The second-order valence-electron chi connectivity index (χ2n) is 12.1. The van der Waals surface area contributed by atoms with Gasteiger partial charge in [0.25, 0.3) is 5.91 Å². The number of carbonyl (C=O) groups excluding carboxylic acids is 1. The Kier molecular flexibility index (Phi) is 10.6. The number of carboxylic acid groups (broad SMARTS) is 1. The van der Waals surface area contributed by atoms with E-state index in [2.05, 4.69) is 40.0 Å². The third-order valence-electron chi connectivity index (χ3n) is 7.21. The highest BCUT2D eigenvalue weighted by Crippen LogP contribution is 2.30. The second kappa shape index (κ2) is 14.1. The second-order valence-corrected chi connectivity index (χ2v) is 17.8. The van der Waals surface area contributed by atoms with Crippen LogP contribution < -0.4 is 10.1 Å². The van der Waals surface area contributed by atoms with E-state index >= 15 is 0 Å². The quantitative estimate of drug-likeness (QED) is 0.0916. The van der Waals surface area contributed by atoms with Crippen LogP contribution in [0, 0.1) is 13.8 Å². The van der Waals surface area contributed by atoms with Crippen molar-refractivity contribution in [2.45, 2.75) is 65.3 Å². The van der Waals surface area contributed by atoms with Gasteiger partial charge in [-0.2, -0.15) is 5.10 Å². The molecule has 0 unspecified atom stereocenters. The first kappa shape index (κ1) is 32.8. The molecule has 3 aromatic heterocycles. The monoisotopic (exact) mass is 622 g/mol. The molecule has 44 heavy (non-hydrogen) atoms. The minimum absolute atomic E-state index is 0.0771. The number of aromatic nitrogens is 5. The molecule has 3 heterocycles. The van der Waals surface area contributed by atoms with E-state index in [0.717, 1.165) is 18.9 Å². The normalized spacial score (nSPS) is 11.7. The van der Waals surface area contributed by atoms with Crippen LogP contribution in [-0.2, 0) is 18.3 Å². The summed E-state index contributed by atoms with van der Waals surface area (Å²) in [6.07, 6.45) is 3.79. The van der Waals surface area contributed by atoms with E-state index in [1.807, 2.05) is 11.5 Å². The van der Waals surface area contributed by atoms with Gasteiger partial charge in [-0.3, -0.25) is 15.1 Å². The van der Waals surface area contributed by atoms with Gasteiger partial charge in [0.1, 0.15) is 0 Å². The average Bonchev–Trinajstić information content (AvgIpc) is 3.49. The summed E-state index contributed by atoms with van der Waals surface area (Å²) in [5.74, 6) is -0.625. The van der Waals surface area contributed by atoms with Gasteiger partial charge in [-0.1, -0.05) is 19.6 Å². The summed E-state index contributed by atoms with van der Waals surface area (Å²) in [5, 5.41) is 26.1. The number of hydrogen-bond donors (Lipinski definition) is 3. The fraction of sp³-hybridized carbons (Fsp3) is 0.452.